The molecule has 4 nitrogen and oxygen atoms in total. The van der Waals surface area contributed by atoms with Gasteiger partial charge in [0.2, 0.25) is 0 Å². The summed E-state index contributed by atoms with van der Waals surface area (Å²) >= 11 is 3.18. The third-order valence-corrected chi connectivity index (χ3v) is 2.58. The van der Waals surface area contributed by atoms with Crippen molar-refractivity contribution in [3.8, 4) is 0 Å². The summed E-state index contributed by atoms with van der Waals surface area (Å²) in [4.78, 5) is 11.1. The minimum absolute atomic E-state index is 0.154. The van der Waals surface area contributed by atoms with E-state index in [9.17, 15) is 13.6 Å². The molecular weight excluding hydrogens is 296 g/mol. The Morgan fingerprint density at radius 1 is 1.47 bits per heavy atom. The second kappa shape index (κ2) is 5.42. The lowest BCUT2D eigenvalue weighted by atomic mass is 10.1. The molecule has 0 aliphatic rings. The van der Waals surface area contributed by atoms with Gasteiger partial charge in [0.25, 0.3) is 11.8 Å². The van der Waals surface area contributed by atoms with Crippen LogP contribution in [0.4, 0.5) is 14.5 Å². The molecule has 0 unspecified atom stereocenters. The number of carbonyl (C=O) groups is 1. The zero-order valence-electron chi connectivity index (χ0n) is 8.84. The van der Waals surface area contributed by atoms with Gasteiger partial charge in [0.1, 0.15) is 0 Å². The molecule has 94 valence electrons. The molecule has 0 radical (unpaired) electrons. The summed E-state index contributed by atoms with van der Waals surface area (Å²) in [7, 11) is 0. The molecule has 17 heavy (non-hydrogen) atoms. The number of nitrogens with one attached hydrogen (secondary N) is 1. The van der Waals surface area contributed by atoms with Crippen molar-refractivity contribution in [2.45, 2.75) is 5.92 Å². The molecule has 0 saturated carbocycles. The van der Waals surface area contributed by atoms with Crippen molar-refractivity contribution in [1.29, 1.82) is 0 Å². The van der Waals surface area contributed by atoms with Gasteiger partial charge in [-0.2, -0.15) is 0 Å². The summed E-state index contributed by atoms with van der Waals surface area (Å²) in [6, 6.07) is 4.56. The van der Waals surface area contributed by atoms with Gasteiger partial charge >= 0.3 is 0 Å². The van der Waals surface area contributed by atoms with Crippen molar-refractivity contribution in [1.82, 2.24) is 0 Å². The second-order valence-electron chi connectivity index (χ2n) is 3.47. The second-order valence-corrected chi connectivity index (χ2v) is 4.38. The number of carbonyl (C=O) groups excluding carboxylic acids is 1. The molecule has 0 aromatic heterocycles. The van der Waals surface area contributed by atoms with E-state index in [4.69, 9.17) is 11.5 Å². The number of anilines is 1. The molecule has 0 bridgehead atoms. The summed E-state index contributed by atoms with van der Waals surface area (Å²) < 4.78 is 26.6. The number of amides is 1. The van der Waals surface area contributed by atoms with E-state index in [-0.39, 0.29) is 11.3 Å². The van der Waals surface area contributed by atoms with Crippen LogP contribution in [-0.4, -0.2) is 24.9 Å². The maximum atomic E-state index is 13.0. The van der Waals surface area contributed by atoms with Gasteiger partial charge in [-0.3, -0.25) is 4.79 Å². The van der Waals surface area contributed by atoms with Crippen LogP contribution < -0.4 is 16.8 Å². The standard InChI is InChI=1S/C10H12BrF2N3O/c11-6-1-2-7(9(15)17)8(3-6)16-5-10(12,13)4-14/h1-3,16H,4-5,14H2,(H2,15,17). The van der Waals surface area contributed by atoms with Crippen LogP contribution in [-0.2, 0) is 0 Å². The third kappa shape index (κ3) is 3.94. The van der Waals surface area contributed by atoms with Crippen LogP contribution in [0.3, 0.4) is 0 Å². The van der Waals surface area contributed by atoms with Crippen LogP contribution in [0.2, 0.25) is 0 Å². The number of alkyl halides is 2. The zero-order valence-corrected chi connectivity index (χ0v) is 10.4. The molecular formula is C10H12BrF2N3O. The molecule has 0 aliphatic heterocycles. The number of hydrogen-bond donors (Lipinski definition) is 3. The number of benzene rings is 1. The van der Waals surface area contributed by atoms with Crippen molar-refractivity contribution >= 4 is 27.5 Å². The molecule has 5 N–H and O–H groups in total. The summed E-state index contributed by atoms with van der Waals surface area (Å²) in [6.07, 6.45) is 0. The van der Waals surface area contributed by atoms with E-state index in [1.807, 2.05) is 0 Å². The highest BCUT2D eigenvalue weighted by molar-refractivity contribution is 9.10. The molecule has 1 aromatic rings. The summed E-state index contributed by atoms with van der Waals surface area (Å²) in [5.41, 5.74) is 10.4. The summed E-state index contributed by atoms with van der Waals surface area (Å²) in [5, 5.41) is 2.47. The largest absolute Gasteiger partial charge is 0.378 e. The minimum Gasteiger partial charge on any atom is -0.378 e. The molecule has 1 rings (SSSR count). The smallest absolute Gasteiger partial charge is 0.276 e. The molecule has 1 amide bonds. The molecule has 0 atom stereocenters. The Morgan fingerprint density at radius 3 is 2.65 bits per heavy atom. The minimum atomic E-state index is -3.03. The molecule has 1 aromatic carbocycles. The Bertz CT molecular complexity index is 426. The van der Waals surface area contributed by atoms with Gasteiger partial charge in [-0.15, -0.1) is 0 Å². The number of rotatable bonds is 5. The first kappa shape index (κ1) is 13.9. The summed E-state index contributed by atoms with van der Waals surface area (Å²) in [6.45, 7) is -1.42. The van der Waals surface area contributed by atoms with Crippen molar-refractivity contribution in [3.05, 3.63) is 28.2 Å². The van der Waals surface area contributed by atoms with Gasteiger partial charge in [0.05, 0.1) is 18.7 Å². The molecule has 0 spiro atoms. The Balaban J connectivity index is 2.89. The van der Waals surface area contributed by atoms with Crippen LogP contribution >= 0.6 is 15.9 Å². The third-order valence-electron chi connectivity index (χ3n) is 2.08. The van der Waals surface area contributed by atoms with Gasteiger partial charge in [-0.25, -0.2) is 8.78 Å². The van der Waals surface area contributed by atoms with Gasteiger partial charge in [0.15, 0.2) is 0 Å². The molecule has 0 heterocycles. The monoisotopic (exact) mass is 307 g/mol. The highest BCUT2D eigenvalue weighted by atomic mass is 79.9. The first-order valence-corrected chi connectivity index (χ1v) is 5.56. The Kier molecular flexibility index (Phi) is 4.41. The number of halogens is 3. The average molecular weight is 308 g/mol. The Labute approximate surface area is 105 Å². The predicted octanol–water partition coefficient (Wildman–Crippen LogP) is 1.55. The quantitative estimate of drug-likeness (QED) is 0.772. The lowest BCUT2D eigenvalue weighted by Crippen LogP contribution is -2.35. The highest BCUT2D eigenvalue weighted by Gasteiger charge is 2.26. The fourth-order valence-electron chi connectivity index (χ4n) is 1.17. The van der Waals surface area contributed by atoms with E-state index >= 15 is 0 Å². The van der Waals surface area contributed by atoms with Crippen LogP contribution in [0.1, 0.15) is 10.4 Å². The van der Waals surface area contributed by atoms with E-state index in [0.29, 0.717) is 4.47 Å². The van der Waals surface area contributed by atoms with E-state index in [2.05, 4.69) is 21.2 Å². The molecule has 0 aliphatic carbocycles. The fraction of sp³-hybridized carbons (Fsp3) is 0.300. The van der Waals surface area contributed by atoms with E-state index in [0.717, 1.165) is 0 Å². The van der Waals surface area contributed by atoms with Gasteiger partial charge in [-0.05, 0) is 18.2 Å². The lowest BCUT2D eigenvalue weighted by Gasteiger charge is -2.17. The Hall–Kier alpha value is -1.21. The maximum Gasteiger partial charge on any atom is 0.276 e. The maximum absolute atomic E-state index is 13.0. The highest BCUT2D eigenvalue weighted by Crippen LogP contribution is 2.22. The topological polar surface area (TPSA) is 81.1 Å². The lowest BCUT2D eigenvalue weighted by molar-refractivity contribution is 0.0253. The molecule has 7 heteroatoms. The van der Waals surface area contributed by atoms with Crippen molar-refractivity contribution in [2.24, 2.45) is 11.5 Å². The van der Waals surface area contributed by atoms with Gasteiger partial charge in [-0.1, -0.05) is 15.9 Å². The van der Waals surface area contributed by atoms with E-state index in [1.54, 1.807) is 6.07 Å². The number of primary amides is 1. The van der Waals surface area contributed by atoms with Crippen molar-refractivity contribution in [3.63, 3.8) is 0 Å². The number of nitrogens with two attached hydrogens (primary N) is 2. The van der Waals surface area contributed by atoms with Crippen molar-refractivity contribution in [2.75, 3.05) is 18.4 Å². The zero-order chi connectivity index (χ0) is 13.1. The normalized spacial score (nSPS) is 11.3. The van der Waals surface area contributed by atoms with Gasteiger partial charge in [0, 0.05) is 10.2 Å². The molecule has 0 fully saturated rings. The molecule has 0 saturated heterocycles. The van der Waals surface area contributed by atoms with Gasteiger partial charge < -0.3 is 16.8 Å². The first-order chi connectivity index (χ1) is 7.85. The Morgan fingerprint density at radius 2 is 2.12 bits per heavy atom. The van der Waals surface area contributed by atoms with Crippen LogP contribution in [0, 0.1) is 0 Å². The van der Waals surface area contributed by atoms with Crippen LogP contribution in [0.25, 0.3) is 0 Å². The average Bonchev–Trinajstić information content (AvgIpc) is 2.26. The number of hydrogen-bond acceptors (Lipinski definition) is 3. The first-order valence-electron chi connectivity index (χ1n) is 4.77. The van der Waals surface area contributed by atoms with Crippen molar-refractivity contribution < 1.29 is 13.6 Å². The van der Waals surface area contributed by atoms with Crippen LogP contribution in [0.5, 0.6) is 0 Å². The SMILES string of the molecule is NCC(F)(F)CNc1cc(Br)ccc1C(N)=O. The van der Waals surface area contributed by atoms with E-state index < -0.39 is 24.9 Å². The summed E-state index contributed by atoms with van der Waals surface area (Å²) in [5.74, 6) is -3.71. The predicted molar refractivity (Wildman–Crippen MR) is 65.2 cm³/mol. The fourth-order valence-corrected chi connectivity index (χ4v) is 1.54. The van der Waals surface area contributed by atoms with E-state index in [1.165, 1.54) is 12.1 Å². The van der Waals surface area contributed by atoms with Crippen LogP contribution in [0.15, 0.2) is 22.7 Å².